The predicted octanol–water partition coefficient (Wildman–Crippen LogP) is 2.85. The highest BCUT2D eigenvalue weighted by Crippen LogP contribution is 2.21. The van der Waals surface area contributed by atoms with Crippen LogP contribution < -0.4 is 10.1 Å². The van der Waals surface area contributed by atoms with E-state index in [2.05, 4.69) is 17.1 Å². The molecule has 0 aliphatic rings. The van der Waals surface area contributed by atoms with E-state index in [4.69, 9.17) is 4.74 Å². The molecule has 2 atom stereocenters. The van der Waals surface area contributed by atoms with Crippen LogP contribution in [0.2, 0.25) is 0 Å². The molecule has 0 heterocycles. The second kappa shape index (κ2) is 8.67. The predicted molar refractivity (Wildman–Crippen MR) is 86.5 cm³/mol. The lowest BCUT2D eigenvalue weighted by Crippen LogP contribution is -2.37. The van der Waals surface area contributed by atoms with E-state index in [-0.39, 0.29) is 17.9 Å². The number of amides is 1. The van der Waals surface area contributed by atoms with Gasteiger partial charge < -0.3 is 15.0 Å². The number of ether oxygens (including phenoxy) is 1. The Kier molecular flexibility index (Phi) is 7.23. The van der Waals surface area contributed by atoms with Crippen molar-refractivity contribution < 1.29 is 9.53 Å². The summed E-state index contributed by atoms with van der Waals surface area (Å²) in [4.78, 5) is 14.2. The second-order valence-corrected chi connectivity index (χ2v) is 5.69. The molecule has 0 saturated carbocycles. The molecule has 1 aromatic rings. The Morgan fingerprint density at radius 2 is 1.90 bits per heavy atom. The van der Waals surface area contributed by atoms with Crippen molar-refractivity contribution in [2.75, 3.05) is 27.7 Å². The zero-order chi connectivity index (χ0) is 15.8. The molecule has 1 aromatic carbocycles. The molecule has 0 aliphatic carbocycles. The van der Waals surface area contributed by atoms with Crippen molar-refractivity contribution in [1.82, 2.24) is 10.2 Å². The largest absolute Gasteiger partial charge is 0.497 e. The van der Waals surface area contributed by atoms with Gasteiger partial charge in [-0.25, -0.2) is 0 Å². The standard InChI is InChI=1S/C17H28N2O2/c1-6-7-13(2)17(20)18-12-16(19(3)4)14-8-10-15(21-5)11-9-14/h8-11,13,16H,6-7,12H2,1-5H3,(H,18,20). The monoisotopic (exact) mass is 292 g/mol. The summed E-state index contributed by atoms with van der Waals surface area (Å²) in [5, 5.41) is 3.06. The Balaban J connectivity index is 2.67. The van der Waals surface area contributed by atoms with Crippen molar-refractivity contribution >= 4 is 5.91 Å². The van der Waals surface area contributed by atoms with Crippen molar-refractivity contribution in [3.63, 3.8) is 0 Å². The molecule has 1 rings (SSSR count). The van der Waals surface area contributed by atoms with Crippen LogP contribution in [0.4, 0.5) is 0 Å². The Morgan fingerprint density at radius 3 is 2.38 bits per heavy atom. The molecule has 0 aromatic heterocycles. The Bertz CT molecular complexity index is 429. The van der Waals surface area contributed by atoms with Gasteiger partial charge in [0.2, 0.25) is 5.91 Å². The maximum absolute atomic E-state index is 12.0. The lowest BCUT2D eigenvalue weighted by molar-refractivity contribution is -0.124. The Hall–Kier alpha value is -1.55. The van der Waals surface area contributed by atoms with Crippen molar-refractivity contribution in [1.29, 1.82) is 0 Å². The maximum atomic E-state index is 12.0. The van der Waals surface area contributed by atoms with Crippen LogP contribution in [-0.2, 0) is 4.79 Å². The number of nitrogens with one attached hydrogen (secondary N) is 1. The summed E-state index contributed by atoms with van der Waals surface area (Å²) in [6.45, 7) is 4.70. The summed E-state index contributed by atoms with van der Waals surface area (Å²) in [6, 6.07) is 8.16. The number of methoxy groups -OCH3 is 1. The fourth-order valence-electron chi connectivity index (χ4n) is 2.36. The molecule has 4 nitrogen and oxygen atoms in total. The smallest absolute Gasteiger partial charge is 0.222 e. The molecular weight excluding hydrogens is 264 g/mol. The van der Waals surface area contributed by atoms with Crippen LogP contribution in [0, 0.1) is 5.92 Å². The average molecular weight is 292 g/mol. The van der Waals surface area contributed by atoms with Gasteiger partial charge in [0, 0.05) is 12.5 Å². The first-order valence-corrected chi connectivity index (χ1v) is 7.57. The highest BCUT2D eigenvalue weighted by molar-refractivity contribution is 5.78. The Labute approximate surface area is 128 Å². The zero-order valence-electron chi connectivity index (χ0n) is 13.8. The van der Waals surface area contributed by atoms with E-state index in [1.807, 2.05) is 45.3 Å². The normalized spacial score (nSPS) is 13.8. The van der Waals surface area contributed by atoms with Crippen molar-refractivity contribution in [3.8, 4) is 5.75 Å². The molecule has 0 aliphatic heterocycles. The molecule has 0 bridgehead atoms. The van der Waals surface area contributed by atoms with Crippen LogP contribution in [0.15, 0.2) is 24.3 Å². The number of carbonyl (C=O) groups is 1. The summed E-state index contributed by atoms with van der Waals surface area (Å²) in [6.07, 6.45) is 1.96. The fraction of sp³-hybridized carbons (Fsp3) is 0.588. The van der Waals surface area contributed by atoms with Gasteiger partial charge in [0.15, 0.2) is 0 Å². The zero-order valence-corrected chi connectivity index (χ0v) is 13.8. The highest BCUT2D eigenvalue weighted by atomic mass is 16.5. The summed E-state index contributed by atoms with van der Waals surface area (Å²) in [7, 11) is 5.71. The van der Waals surface area contributed by atoms with Crippen LogP contribution >= 0.6 is 0 Å². The minimum Gasteiger partial charge on any atom is -0.497 e. The first kappa shape index (κ1) is 17.5. The van der Waals surface area contributed by atoms with Gasteiger partial charge in [-0.15, -0.1) is 0 Å². The Morgan fingerprint density at radius 1 is 1.29 bits per heavy atom. The van der Waals surface area contributed by atoms with E-state index in [1.165, 1.54) is 5.56 Å². The van der Waals surface area contributed by atoms with Gasteiger partial charge in [-0.1, -0.05) is 32.4 Å². The van der Waals surface area contributed by atoms with Crippen LogP contribution in [0.25, 0.3) is 0 Å². The van der Waals surface area contributed by atoms with Gasteiger partial charge >= 0.3 is 0 Å². The lowest BCUT2D eigenvalue weighted by atomic mass is 10.0. The van der Waals surface area contributed by atoms with E-state index >= 15 is 0 Å². The minimum atomic E-state index is 0.0775. The van der Waals surface area contributed by atoms with Gasteiger partial charge in [-0.2, -0.15) is 0 Å². The molecule has 118 valence electrons. The summed E-state index contributed by atoms with van der Waals surface area (Å²) in [5.41, 5.74) is 1.17. The summed E-state index contributed by atoms with van der Waals surface area (Å²) in [5.74, 6) is 1.06. The third-order valence-electron chi connectivity index (χ3n) is 3.76. The van der Waals surface area contributed by atoms with Gasteiger partial charge in [-0.05, 0) is 38.2 Å². The molecule has 0 fully saturated rings. The van der Waals surface area contributed by atoms with E-state index in [1.54, 1.807) is 7.11 Å². The van der Waals surface area contributed by atoms with Crippen molar-refractivity contribution in [2.45, 2.75) is 32.7 Å². The highest BCUT2D eigenvalue weighted by Gasteiger charge is 2.17. The van der Waals surface area contributed by atoms with Gasteiger partial charge in [-0.3, -0.25) is 4.79 Å². The van der Waals surface area contributed by atoms with E-state index in [0.717, 1.165) is 18.6 Å². The first-order chi connectivity index (χ1) is 9.99. The van der Waals surface area contributed by atoms with Gasteiger partial charge in [0.25, 0.3) is 0 Å². The molecule has 4 heteroatoms. The van der Waals surface area contributed by atoms with Crippen molar-refractivity contribution in [2.24, 2.45) is 5.92 Å². The number of hydrogen-bond donors (Lipinski definition) is 1. The topological polar surface area (TPSA) is 41.6 Å². The number of likely N-dealkylation sites (N-methyl/N-ethyl adjacent to an activating group) is 1. The fourth-order valence-corrected chi connectivity index (χ4v) is 2.36. The SMILES string of the molecule is CCCC(C)C(=O)NCC(c1ccc(OC)cc1)N(C)C. The molecule has 0 radical (unpaired) electrons. The second-order valence-electron chi connectivity index (χ2n) is 5.69. The molecule has 0 saturated heterocycles. The third kappa shape index (κ3) is 5.38. The van der Waals surface area contributed by atoms with Gasteiger partial charge in [0.1, 0.15) is 5.75 Å². The average Bonchev–Trinajstić information content (AvgIpc) is 2.47. The quantitative estimate of drug-likeness (QED) is 0.801. The number of carbonyl (C=O) groups excluding carboxylic acids is 1. The third-order valence-corrected chi connectivity index (χ3v) is 3.76. The number of benzene rings is 1. The van der Waals surface area contributed by atoms with Gasteiger partial charge in [0.05, 0.1) is 13.2 Å². The van der Waals surface area contributed by atoms with Crippen LogP contribution in [0.1, 0.15) is 38.3 Å². The number of nitrogens with zero attached hydrogens (tertiary/aromatic N) is 1. The van der Waals surface area contributed by atoms with Crippen molar-refractivity contribution in [3.05, 3.63) is 29.8 Å². The van der Waals surface area contributed by atoms with Crippen LogP contribution in [0.5, 0.6) is 5.75 Å². The number of hydrogen-bond acceptors (Lipinski definition) is 3. The molecule has 1 amide bonds. The maximum Gasteiger partial charge on any atom is 0.222 e. The molecule has 2 unspecified atom stereocenters. The first-order valence-electron chi connectivity index (χ1n) is 7.57. The summed E-state index contributed by atoms with van der Waals surface area (Å²) < 4.78 is 5.18. The lowest BCUT2D eigenvalue weighted by Gasteiger charge is -2.26. The molecule has 21 heavy (non-hydrogen) atoms. The van der Waals surface area contributed by atoms with E-state index in [0.29, 0.717) is 6.54 Å². The number of rotatable bonds is 8. The van der Waals surface area contributed by atoms with E-state index < -0.39 is 0 Å². The molecule has 1 N–H and O–H groups in total. The van der Waals surface area contributed by atoms with Crippen LogP contribution in [0.3, 0.4) is 0 Å². The van der Waals surface area contributed by atoms with E-state index in [9.17, 15) is 4.79 Å². The molecular formula is C17H28N2O2. The summed E-state index contributed by atoms with van der Waals surface area (Å²) >= 11 is 0. The van der Waals surface area contributed by atoms with Crippen LogP contribution in [-0.4, -0.2) is 38.6 Å². The molecule has 0 spiro atoms. The minimum absolute atomic E-state index is 0.0775.